The largest absolute Gasteiger partial charge is 0.478 e. The molecule has 1 aliphatic rings. The molecule has 0 atom stereocenters. The van der Waals surface area contributed by atoms with Gasteiger partial charge in [0.2, 0.25) is 15.9 Å². The van der Waals surface area contributed by atoms with Gasteiger partial charge in [-0.05, 0) is 17.7 Å². The zero-order chi connectivity index (χ0) is 25.3. The van der Waals surface area contributed by atoms with E-state index in [2.05, 4.69) is 4.98 Å². The quantitative estimate of drug-likeness (QED) is 0.608. The molecule has 2 heterocycles. The Morgan fingerprint density at radius 1 is 1.18 bits per heavy atom. The van der Waals surface area contributed by atoms with Crippen LogP contribution in [0.2, 0.25) is 0 Å². The molecular formula is C20H14F3N5O5S. The first-order chi connectivity index (χ1) is 15.9. The number of nitrogens with one attached hydrogen (secondary N) is 1. The van der Waals surface area contributed by atoms with Gasteiger partial charge >= 0.3 is 12.1 Å². The Labute approximate surface area is 190 Å². The number of rotatable bonds is 6. The lowest BCUT2D eigenvalue weighted by Crippen LogP contribution is -2.55. The number of alkyl halides is 3. The lowest BCUT2D eigenvalue weighted by Gasteiger charge is -2.39. The maximum absolute atomic E-state index is 13.3. The summed E-state index contributed by atoms with van der Waals surface area (Å²) in [6.07, 6.45) is -5.11. The van der Waals surface area contributed by atoms with E-state index in [9.17, 15) is 36.4 Å². The summed E-state index contributed by atoms with van der Waals surface area (Å²) in [7, 11) is -4.18. The molecule has 1 fully saturated rings. The molecule has 0 unspecified atom stereocenters. The van der Waals surface area contributed by atoms with E-state index >= 15 is 0 Å². The summed E-state index contributed by atoms with van der Waals surface area (Å²) in [4.78, 5) is 28.0. The fraction of sp³-hybridized carbons (Fsp3) is 0.250. The third-order valence-electron chi connectivity index (χ3n) is 4.91. The minimum Gasteiger partial charge on any atom is -0.478 e. The highest BCUT2D eigenvalue weighted by molar-refractivity contribution is 7.89. The topological polar surface area (TPSA) is 164 Å². The molecule has 0 aliphatic carbocycles. The van der Waals surface area contributed by atoms with Crippen molar-refractivity contribution in [3.05, 3.63) is 58.3 Å². The van der Waals surface area contributed by atoms with Crippen LogP contribution in [-0.4, -0.2) is 43.5 Å². The van der Waals surface area contributed by atoms with E-state index in [4.69, 9.17) is 10.4 Å². The minimum absolute atomic E-state index is 0.121. The number of aromatic nitrogens is 1. The summed E-state index contributed by atoms with van der Waals surface area (Å²) in [5.41, 5.74) is -3.02. The van der Waals surface area contributed by atoms with Gasteiger partial charge in [0.05, 0.1) is 34.4 Å². The number of halogens is 3. The first-order valence-corrected chi connectivity index (χ1v) is 11.0. The Morgan fingerprint density at radius 2 is 1.79 bits per heavy atom. The van der Waals surface area contributed by atoms with Crippen molar-refractivity contribution in [3.8, 4) is 12.1 Å². The van der Waals surface area contributed by atoms with E-state index < -0.39 is 62.4 Å². The average molecular weight is 493 g/mol. The van der Waals surface area contributed by atoms with Crippen LogP contribution in [0.4, 0.5) is 19.0 Å². The van der Waals surface area contributed by atoms with Crippen molar-refractivity contribution in [2.45, 2.75) is 11.9 Å². The lowest BCUT2D eigenvalue weighted by atomic mass is 9.98. The van der Waals surface area contributed by atoms with E-state index in [-0.39, 0.29) is 24.2 Å². The van der Waals surface area contributed by atoms with Gasteiger partial charge in [-0.2, -0.15) is 23.7 Å². The molecule has 10 nitrogen and oxygen atoms in total. The second kappa shape index (κ2) is 8.99. The maximum Gasteiger partial charge on any atom is 0.434 e. The lowest BCUT2D eigenvalue weighted by molar-refractivity contribution is -0.141. The predicted molar refractivity (Wildman–Crippen MR) is 109 cm³/mol. The van der Waals surface area contributed by atoms with Crippen molar-refractivity contribution in [2.75, 3.05) is 18.0 Å². The highest BCUT2D eigenvalue weighted by atomic mass is 32.2. The number of anilines is 1. The standard InChI is InChI=1S/C20H14F3N5O5S/c21-20(22,23)16-15(19(30)31)5-13(7-25)17(26-16)28-8-14(9-28)18(29)27-34(32,33)10-12-4-2-1-3-11(12)6-24/h1-5,14H,8-10H2,(H,27,29)(H,30,31). The van der Waals surface area contributed by atoms with Crippen molar-refractivity contribution in [3.63, 3.8) is 0 Å². The van der Waals surface area contributed by atoms with Crippen LogP contribution in [0.25, 0.3) is 0 Å². The number of carbonyl (C=O) groups is 2. The normalized spacial score (nSPS) is 14.0. The van der Waals surface area contributed by atoms with Gasteiger partial charge in [-0.25, -0.2) is 18.2 Å². The Bertz CT molecular complexity index is 1360. The van der Waals surface area contributed by atoms with Crippen molar-refractivity contribution in [1.29, 1.82) is 10.5 Å². The van der Waals surface area contributed by atoms with E-state index in [1.54, 1.807) is 12.1 Å². The highest BCUT2D eigenvalue weighted by Gasteiger charge is 2.41. The second-order valence-corrected chi connectivity index (χ2v) is 8.99. The number of carbonyl (C=O) groups excluding carboxylic acids is 1. The molecule has 0 bridgehead atoms. The number of carboxylic acids is 1. The first-order valence-electron chi connectivity index (χ1n) is 9.39. The number of benzene rings is 1. The number of pyridine rings is 1. The summed E-state index contributed by atoms with van der Waals surface area (Å²) in [5, 5.41) is 27.3. The monoisotopic (exact) mass is 493 g/mol. The Balaban J connectivity index is 1.75. The smallest absolute Gasteiger partial charge is 0.434 e. The fourth-order valence-corrected chi connectivity index (χ4v) is 4.46. The molecule has 1 aliphatic heterocycles. The molecule has 3 rings (SSSR count). The van der Waals surface area contributed by atoms with Gasteiger partial charge in [0, 0.05) is 13.1 Å². The van der Waals surface area contributed by atoms with Crippen molar-refractivity contribution < 1.29 is 36.3 Å². The summed E-state index contributed by atoms with van der Waals surface area (Å²) < 4.78 is 66.3. The summed E-state index contributed by atoms with van der Waals surface area (Å²) >= 11 is 0. The van der Waals surface area contributed by atoms with Gasteiger partial charge in [0.1, 0.15) is 11.9 Å². The van der Waals surface area contributed by atoms with Gasteiger partial charge in [-0.1, -0.05) is 18.2 Å². The maximum atomic E-state index is 13.3. The molecule has 0 saturated carbocycles. The third-order valence-corrected chi connectivity index (χ3v) is 6.12. The number of hydrogen-bond donors (Lipinski definition) is 2. The van der Waals surface area contributed by atoms with Crippen LogP contribution >= 0.6 is 0 Å². The molecule has 1 amide bonds. The van der Waals surface area contributed by atoms with Gasteiger partial charge in [-0.15, -0.1) is 0 Å². The van der Waals surface area contributed by atoms with Crippen LogP contribution < -0.4 is 9.62 Å². The van der Waals surface area contributed by atoms with Gasteiger partial charge in [0.15, 0.2) is 5.69 Å². The Hall–Kier alpha value is -4.17. The number of nitrogens with zero attached hydrogens (tertiary/aromatic N) is 4. The third kappa shape index (κ3) is 5.07. The minimum atomic E-state index is -5.11. The van der Waals surface area contributed by atoms with Crippen molar-refractivity contribution in [1.82, 2.24) is 9.71 Å². The molecule has 1 aromatic carbocycles. The van der Waals surface area contributed by atoms with E-state index in [1.807, 2.05) is 10.8 Å². The van der Waals surface area contributed by atoms with Gasteiger partial charge in [0.25, 0.3) is 0 Å². The van der Waals surface area contributed by atoms with Crippen LogP contribution in [0.1, 0.15) is 32.7 Å². The van der Waals surface area contributed by atoms with Crippen molar-refractivity contribution in [2.24, 2.45) is 5.92 Å². The summed E-state index contributed by atoms with van der Waals surface area (Å²) in [6.45, 7) is -0.497. The number of sulfonamides is 1. The van der Waals surface area contributed by atoms with Crippen molar-refractivity contribution >= 4 is 27.7 Å². The van der Waals surface area contributed by atoms with E-state index in [1.165, 1.54) is 18.2 Å². The number of hydrogen-bond acceptors (Lipinski definition) is 8. The Morgan fingerprint density at radius 3 is 2.35 bits per heavy atom. The van der Waals surface area contributed by atoms with Crippen LogP contribution in [0.15, 0.2) is 30.3 Å². The van der Waals surface area contributed by atoms with Crippen LogP contribution in [-0.2, 0) is 26.7 Å². The number of carboxylic acid groups (broad SMARTS) is 1. The summed E-state index contributed by atoms with van der Waals surface area (Å²) in [6, 6.07) is 9.89. The molecule has 0 radical (unpaired) electrons. The van der Waals surface area contributed by atoms with Gasteiger partial charge < -0.3 is 10.0 Å². The molecule has 2 N–H and O–H groups in total. The second-order valence-electron chi connectivity index (χ2n) is 7.27. The zero-order valence-electron chi connectivity index (χ0n) is 17.0. The molecule has 14 heteroatoms. The molecule has 2 aromatic rings. The highest BCUT2D eigenvalue weighted by Crippen LogP contribution is 2.35. The average Bonchev–Trinajstić information content (AvgIpc) is 2.71. The van der Waals surface area contributed by atoms with E-state index in [0.717, 1.165) is 4.90 Å². The number of amides is 1. The summed E-state index contributed by atoms with van der Waals surface area (Å²) in [5.74, 6) is -4.86. The Kier molecular flexibility index (Phi) is 6.47. The SMILES string of the molecule is N#Cc1ccccc1CS(=O)(=O)NC(=O)C1CN(c2nc(C(F)(F)F)c(C(=O)O)cc2C#N)C1. The van der Waals surface area contributed by atoms with Crippen LogP contribution in [0.3, 0.4) is 0 Å². The number of nitriles is 2. The predicted octanol–water partition coefficient (Wildman–Crippen LogP) is 1.62. The molecular weight excluding hydrogens is 479 g/mol. The van der Waals surface area contributed by atoms with E-state index in [0.29, 0.717) is 6.07 Å². The van der Waals surface area contributed by atoms with Crippen LogP contribution in [0, 0.1) is 28.6 Å². The molecule has 0 spiro atoms. The zero-order valence-corrected chi connectivity index (χ0v) is 17.8. The number of aromatic carboxylic acids is 1. The molecule has 1 saturated heterocycles. The fourth-order valence-electron chi connectivity index (χ4n) is 3.26. The van der Waals surface area contributed by atoms with Gasteiger partial charge in [-0.3, -0.25) is 9.52 Å². The first kappa shape index (κ1) is 24.5. The molecule has 34 heavy (non-hydrogen) atoms. The van der Waals surface area contributed by atoms with Crippen LogP contribution in [0.5, 0.6) is 0 Å². The molecule has 176 valence electrons. The molecule has 1 aromatic heterocycles.